The van der Waals surface area contributed by atoms with Gasteiger partial charge in [-0.05, 0) is 44.7 Å². The molecular formula is C28H46N4O7S. The van der Waals surface area contributed by atoms with E-state index in [1.165, 1.54) is 10.3 Å². The molecular weight excluding hydrogens is 536 g/mol. The van der Waals surface area contributed by atoms with Crippen molar-refractivity contribution in [3.63, 3.8) is 0 Å². The van der Waals surface area contributed by atoms with E-state index in [1.54, 1.807) is 0 Å². The first kappa shape index (κ1) is 33.6. The maximum absolute atomic E-state index is 14.1. The third kappa shape index (κ3) is 9.81. The molecule has 1 saturated heterocycles. The van der Waals surface area contributed by atoms with Crippen molar-refractivity contribution in [1.82, 2.24) is 20.1 Å². The van der Waals surface area contributed by atoms with Gasteiger partial charge < -0.3 is 25.2 Å². The second-order valence-electron chi connectivity index (χ2n) is 11.3. The van der Waals surface area contributed by atoms with Crippen LogP contribution >= 0.6 is 11.3 Å². The first-order valence-electron chi connectivity index (χ1n) is 14.2. The van der Waals surface area contributed by atoms with E-state index in [0.29, 0.717) is 12.8 Å². The van der Waals surface area contributed by atoms with Gasteiger partial charge >= 0.3 is 11.9 Å². The zero-order chi connectivity index (χ0) is 30.0. The predicted octanol–water partition coefficient (Wildman–Crippen LogP) is 3.43. The maximum atomic E-state index is 14.1. The van der Waals surface area contributed by atoms with Crippen molar-refractivity contribution in [2.75, 3.05) is 20.3 Å². The lowest BCUT2D eigenvalue weighted by atomic mass is 9.95. The fraction of sp³-hybridized carbons (Fsp3) is 0.750. The van der Waals surface area contributed by atoms with Crippen LogP contribution in [0.25, 0.3) is 0 Å². The molecule has 2 amide bonds. The van der Waals surface area contributed by atoms with Crippen molar-refractivity contribution in [3.05, 3.63) is 16.1 Å². The minimum absolute atomic E-state index is 0.0515. The van der Waals surface area contributed by atoms with E-state index >= 15 is 0 Å². The summed E-state index contributed by atoms with van der Waals surface area (Å²) >= 11 is 1.03. The summed E-state index contributed by atoms with van der Waals surface area (Å²) in [4.78, 5) is 58.5. The van der Waals surface area contributed by atoms with Crippen LogP contribution in [0.5, 0.6) is 0 Å². The molecule has 3 N–H and O–H groups in total. The average Bonchev–Trinajstić information content (AvgIpc) is 3.38. The lowest BCUT2D eigenvalue weighted by Crippen LogP contribution is -2.57. The zero-order valence-corrected chi connectivity index (χ0v) is 25.4. The first-order chi connectivity index (χ1) is 18.8. The minimum Gasteiger partial charge on any atom is -0.476 e. The highest BCUT2D eigenvalue weighted by Gasteiger charge is 2.36. The molecule has 226 valence electrons. The largest absolute Gasteiger partial charge is 0.476 e. The van der Waals surface area contributed by atoms with E-state index in [2.05, 4.69) is 10.3 Å². The Bertz CT molecular complexity index is 999. The lowest BCUT2D eigenvalue weighted by molar-refractivity contribution is -0.159. The molecule has 0 bridgehead atoms. The predicted molar refractivity (Wildman–Crippen MR) is 152 cm³/mol. The fourth-order valence-corrected chi connectivity index (χ4v) is 5.70. The molecule has 0 unspecified atom stereocenters. The van der Waals surface area contributed by atoms with Gasteiger partial charge in [-0.1, -0.05) is 47.5 Å². The smallest absolute Gasteiger partial charge is 0.355 e. The third-order valence-corrected chi connectivity index (χ3v) is 8.09. The third-order valence-electron chi connectivity index (χ3n) is 7.15. The topological polar surface area (TPSA) is 149 Å². The Morgan fingerprint density at radius 3 is 2.48 bits per heavy atom. The van der Waals surface area contributed by atoms with E-state index in [4.69, 9.17) is 4.74 Å². The van der Waals surface area contributed by atoms with Crippen molar-refractivity contribution in [2.45, 2.75) is 104 Å². The number of likely N-dealkylation sites (tertiary alicyclic amines) is 1. The summed E-state index contributed by atoms with van der Waals surface area (Å²) in [5.74, 6) is -2.30. The quantitative estimate of drug-likeness (QED) is 0.209. The van der Waals surface area contributed by atoms with Gasteiger partial charge in [-0.15, -0.1) is 11.3 Å². The molecule has 0 radical (unpaired) electrons. The fourth-order valence-electron chi connectivity index (χ4n) is 4.90. The molecule has 1 fully saturated rings. The Morgan fingerprint density at radius 2 is 1.93 bits per heavy atom. The molecule has 12 heteroatoms. The molecule has 2 rings (SSSR count). The number of nitrogens with one attached hydrogen (secondary N) is 1. The van der Waals surface area contributed by atoms with Gasteiger partial charge in [0, 0.05) is 24.3 Å². The first-order valence-corrected chi connectivity index (χ1v) is 15.1. The van der Waals surface area contributed by atoms with Gasteiger partial charge in [0.15, 0.2) is 12.4 Å². The van der Waals surface area contributed by atoms with Crippen LogP contribution in [-0.2, 0) is 19.1 Å². The van der Waals surface area contributed by atoms with Gasteiger partial charge in [-0.3, -0.25) is 19.3 Å². The molecule has 40 heavy (non-hydrogen) atoms. The number of aromatic nitrogens is 1. The molecule has 0 saturated carbocycles. The number of aliphatic hydroxyl groups is 1. The van der Waals surface area contributed by atoms with Crippen LogP contribution in [0.3, 0.4) is 0 Å². The summed E-state index contributed by atoms with van der Waals surface area (Å²) in [6.07, 6.45) is 2.84. The molecule has 0 aliphatic carbocycles. The molecule has 11 nitrogen and oxygen atoms in total. The van der Waals surface area contributed by atoms with E-state index in [-0.39, 0.29) is 60.0 Å². The van der Waals surface area contributed by atoms with E-state index < -0.39 is 30.1 Å². The van der Waals surface area contributed by atoms with Gasteiger partial charge in [-0.25, -0.2) is 9.78 Å². The van der Waals surface area contributed by atoms with Gasteiger partial charge in [0.2, 0.25) is 11.8 Å². The van der Waals surface area contributed by atoms with Crippen molar-refractivity contribution in [2.24, 2.45) is 11.8 Å². The number of piperidine rings is 1. The number of esters is 1. The molecule has 1 aliphatic heterocycles. The Labute approximate surface area is 241 Å². The molecule has 0 spiro atoms. The molecule has 0 aromatic carbocycles. The number of carboxylic acids is 1. The maximum Gasteiger partial charge on any atom is 0.355 e. The number of nitrogens with zero attached hydrogens (tertiary/aromatic N) is 3. The van der Waals surface area contributed by atoms with Gasteiger partial charge in [-0.2, -0.15) is 0 Å². The summed E-state index contributed by atoms with van der Waals surface area (Å²) in [5.41, 5.74) is -0.158. The van der Waals surface area contributed by atoms with Crippen molar-refractivity contribution in [3.8, 4) is 0 Å². The number of carbonyl (C=O) groups excluding carboxylic acids is 3. The number of aromatic carboxylic acids is 1. The van der Waals surface area contributed by atoms with Crippen LogP contribution < -0.4 is 5.32 Å². The second kappa shape index (κ2) is 16.0. The molecule has 1 aromatic heterocycles. The highest BCUT2D eigenvalue weighted by atomic mass is 32.1. The average molecular weight is 583 g/mol. The van der Waals surface area contributed by atoms with Gasteiger partial charge in [0.25, 0.3) is 0 Å². The standard InChI is InChI=1S/C28H46N4O7S/c1-7-10-19(29-25(35)21-11-8-9-12-31(21)6)27(36)32(16-39-24(34)13-17(2)3)22(18(4)5)14-23(33)26-30-20(15-40-26)28(37)38/h15,17-19,21-23,33H,7-14,16H2,1-6H3,(H,29,35)(H,37,38)/t19-,21+,22+,23+/m0/s1. The monoisotopic (exact) mass is 582 g/mol. The molecule has 1 aliphatic rings. The number of carbonyl (C=O) groups is 4. The summed E-state index contributed by atoms with van der Waals surface area (Å²) in [5, 5.41) is 24.7. The summed E-state index contributed by atoms with van der Waals surface area (Å²) in [6, 6.07) is -1.72. The normalized spacial score (nSPS) is 18.3. The number of ether oxygens (including phenoxy) is 1. The summed E-state index contributed by atoms with van der Waals surface area (Å²) < 4.78 is 5.53. The number of aliphatic hydroxyl groups excluding tert-OH is 1. The van der Waals surface area contributed by atoms with Gasteiger partial charge in [0.1, 0.15) is 17.2 Å². The number of rotatable bonds is 15. The van der Waals surface area contributed by atoms with Crippen LogP contribution in [0, 0.1) is 11.8 Å². The SMILES string of the molecule is CCC[C@H](NC(=O)[C@H]1CCCCN1C)C(=O)N(COC(=O)CC(C)C)[C@H](C[C@@H](O)c1nc(C(=O)O)cs1)C(C)C. The summed E-state index contributed by atoms with van der Waals surface area (Å²) in [6.45, 7) is 10.00. The number of thiazole rings is 1. The highest BCUT2D eigenvalue weighted by molar-refractivity contribution is 7.09. The van der Waals surface area contributed by atoms with Crippen LogP contribution in [0.1, 0.15) is 101 Å². The van der Waals surface area contributed by atoms with Crippen LogP contribution in [0.2, 0.25) is 0 Å². The van der Waals surface area contributed by atoms with E-state index in [1.807, 2.05) is 46.6 Å². The minimum atomic E-state index is -1.19. The van der Waals surface area contributed by atoms with E-state index in [9.17, 15) is 29.4 Å². The number of likely N-dealkylation sites (N-methyl/N-ethyl adjacent to an activating group) is 1. The number of amides is 2. The van der Waals surface area contributed by atoms with Crippen LogP contribution in [-0.4, -0.2) is 87.2 Å². The Balaban J connectivity index is 2.32. The highest BCUT2D eigenvalue weighted by Crippen LogP contribution is 2.28. The molecule has 2 heterocycles. The number of hydrogen-bond donors (Lipinski definition) is 3. The van der Waals surface area contributed by atoms with Crippen LogP contribution in [0.4, 0.5) is 0 Å². The van der Waals surface area contributed by atoms with Crippen molar-refractivity contribution >= 4 is 35.1 Å². The zero-order valence-electron chi connectivity index (χ0n) is 24.6. The Morgan fingerprint density at radius 1 is 1.23 bits per heavy atom. The van der Waals surface area contributed by atoms with E-state index in [0.717, 1.165) is 37.1 Å². The number of hydrogen-bond acceptors (Lipinski definition) is 9. The Kier molecular flexibility index (Phi) is 13.5. The number of carboxylic acid groups (broad SMARTS) is 1. The molecule has 1 aromatic rings. The second-order valence-corrected chi connectivity index (χ2v) is 12.2. The Hall–Kier alpha value is -2.57. The van der Waals surface area contributed by atoms with Crippen molar-refractivity contribution in [1.29, 1.82) is 0 Å². The molecule has 4 atom stereocenters. The van der Waals surface area contributed by atoms with Gasteiger partial charge in [0.05, 0.1) is 6.04 Å². The summed E-state index contributed by atoms with van der Waals surface area (Å²) in [7, 11) is 1.91. The lowest BCUT2D eigenvalue weighted by Gasteiger charge is -2.38. The van der Waals surface area contributed by atoms with Crippen LogP contribution in [0.15, 0.2) is 5.38 Å². The van der Waals surface area contributed by atoms with Crippen molar-refractivity contribution < 1.29 is 34.1 Å².